The van der Waals surface area contributed by atoms with Crippen molar-refractivity contribution < 1.29 is 0 Å². The summed E-state index contributed by atoms with van der Waals surface area (Å²) < 4.78 is 2.43. The van der Waals surface area contributed by atoms with Crippen LogP contribution in [0.2, 0.25) is 0 Å². The Balaban J connectivity index is 1.46. The Morgan fingerprint density at radius 3 is 1.80 bits per heavy atom. The van der Waals surface area contributed by atoms with Crippen molar-refractivity contribution >= 4 is 75.7 Å². The molecule has 0 saturated heterocycles. The van der Waals surface area contributed by atoms with Crippen molar-refractivity contribution in [3.63, 3.8) is 0 Å². The number of thiophene rings is 3. The Hall–Kier alpha value is -3.52. The SMILES string of the molecule is Cc1ccc(-c2ccc(-c3cc4/c(=N/N)c5cc6c(cc5c4s3)/c(=N\N)c3cc(C)sc36)s2)cc1. The fraction of sp³-hybridized carbons (Fsp3) is 0.0714. The van der Waals surface area contributed by atoms with E-state index in [9.17, 15) is 0 Å². The standard InChI is InChI=1S/C28H20N4S3/c1-13-3-5-15(6-4-13)22-7-8-23(34-22)24-12-21-26(32-30)17-10-18-16(11-19(17)28(21)35-24)25(31-29)20-9-14(2)33-27(18)20/h3-12H,29-30H2,1-2H3/b31-25+,32-26+. The van der Waals surface area contributed by atoms with Crippen LogP contribution in [0.1, 0.15) is 10.4 Å². The molecule has 0 aliphatic rings. The van der Waals surface area contributed by atoms with E-state index in [2.05, 4.69) is 84.7 Å². The summed E-state index contributed by atoms with van der Waals surface area (Å²) in [7, 11) is 0. The monoisotopic (exact) mass is 508 g/mol. The molecule has 7 aromatic rings. The Kier molecular flexibility index (Phi) is 4.45. The van der Waals surface area contributed by atoms with Gasteiger partial charge in [0.05, 0.1) is 10.7 Å². The minimum Gasteiger partial charge on any atom is -0.323 e. The molecule has 3 aromatic heterocycles. The van der Waals surface area contributed by atoms with Gasteiger partial charge in [0.25, 0.3) is 0 Å². The highest BCUT2D eigenvalue weighted by atomic mass is 32.1. The smallest absolute Gasteiger partial charge is 0.0993 e. The third-order valence-electron chi connectivity index (χ3n) is 6.70. The Bertz CT molecular complexity index is 2040. The summed E-state index contributed by atoms with van der Waals surface area (Å²) in [5, 5.41) is 16.8. The fourth-order valence-electron chi connectivity index (χ4n) is 5.06. The number of rotatable bonds is 2. The van der Waals surface area contributed by atoms with E-state index in [1.165, 1.54) is 45.4 Å². The molecule has 0 atom stereocenters. The summed E-state index contributed by atoms with van der Waals surface area (Å²) in [4.78, 5) is 5.00. The van der Waals surface area contributed by atoms with Crippen LogP contribution in [0.3, 0.4) is 0 Å². The lowest BCUT2D eigenvalue weighted by molar-refractivity contribution is 1.17. The van der Waals surface area contributed by atoms with Gasteiger partial charge in [-0.15, -0.1) is 34.0 Å². The van der Waals surface area contributed by atoms with E-state index in [-0.39, 0.29) is 0 Å². The molecule has 0 radical (unpaired) electrons. The van der Waals surface area contributed by atoms with Gasteiger partial charge in [0.2, 0.25) is 0 Å². The van der Waals surface area contributed by atoms with Gasteiger partial charge in [-0.1, -0.05) is 29.8 Å². The van der Waals surface area contributed by atoms with Gasteiger partial charge in [0.1, 0.15) is 0 Å². The average molecular weight is 509 g/mol. The zero-order valence-electron chi connectivity index (χ0n) is 19.0. The maximum Gasteiger partial charge on any atom is 0.0993 e. The normalized spacial score (nSPS) is 13.4. The lowest BCUT2D eigenvalue weighted by Crippen LogP contribution is -2.04. The summed E-state index contributed by atoms with van der Waals surface area (Å²) in [6, 6.07) is 22.0. The summed E-state index contributed by atoms with van der Waals surface area (Å²) in [5.74, 6) is 11.8. The Morgan fingerprint density at radius 1 is 0.543 bits per heavy atom. The fourth-order valence-corrected chi connectivity index (χ4v) is 8.38. The zero-order chi connectivity index (χ0) is 23.8. The second kappa shape index (κ2) is 7.49. The lowest BCUT2D eigenvalue weighted by Gasteiger charge is -1.98. The Labute approximate surface area is 212 Å². The van der Waals surface area contributed by atoms with Crippen LogP contribution in [0.4, 0.5) is 0 Å². The minimum atomic E-state index is 0.851. The van der Waals surface area contributed by atoms with Crippen molar-refractivity contribution in [1.29, 1.82) is 0 Å². The van der Waals surface area contributed by atoms with Crippen LogP contribution in [-0.2, 0) is 0 Å². The molecular weight excluding hydrogens is 489 g/mol. The van der Waals surface area contributed by atoms with Gasteiger partial charge >= 0.3 is 0 Å². The highest BCUT2D eigenvalue weighted by Gasteiger charge is 2.19. The number of benzene rings is 2. The van der Waals surface area contributed by atoms with Gasteiger partial charge in [-0.05, 0) is 55.8 Å². The van der Waals surface area contributed by atoms with Crippen LogP contribution >= 0.6 is 34.0 Å². The van der Waals surface area contributed by atoms with E-state index in [0.717, 1.165) is 37.6 Å². The maximum absolute atomic E-state index is 5.96. The predicted octanol–water partition coefficient (Wildman–Crippen LogP) is 6.86. The Morgan fingerprint density at radius 2 is 1.14 bits per heavy atom. The number of hydrogen-bond acceptors (Lipinski definition) is 7. The molecule has 7 heteroatoms. The van der Waals surface area contributed by atoms with E-state index in [0.29, 0.717) is 0 Å². The van der Waals surface area contributed by atoms with Crippen molar-refractivity contribution in [3.05, 3.63) is 81.8 Å². The molecule has 170 valence electrons. The van der Waals surface area contributed by atoms with E-state index in [1.807, 2.05) is 11.3 Å². The van der Waals surface area contributed by atoms with Crippen LogP contribution in [0, 0.1) is 13.8 Å². The third-order valence-corrected chi connectivity index (χ3v) is 10.3. The van der Waals surface area contributed by atoms with Gasteiger partial charge < -0.3 is 11.7 Å². The highest BCUT2D eigenvalue weighted by molar-refractivity contribution is 7.27. The molecule has 0 aliphatic heterocycles. The number of nitrogens with two attached hydrogens (primary N) is 2. The second-order valence-corrected chi connectivity index (χ2v) is 12.3. The van der Waals surface area contributed by atoms with E-state index in [4.69, 9.17) is 11.7 Å². The number of hydrogen-bond donors (Lipinski definition) is 2. The molecule has 0 amide bonds. The molecular formula is C28H20N4S3. The first-order valence-corrected chi connectivity index (χ1v) is 13.7. The first-order chi connectivity index (χ1) is 17.1. The molecule has 4 aromatic carbocycles. The molecule has 0 aliphatic carbocycles. The largest absolute Gasteiger partial charge is 0.323 e. The first kappa shape index (κ1) is 20.8. The number of fused-ring (bicyclic) bond motifs is 6. The molecule has 0 bridgehead atoms. The molecule has 35 heavy (non-hydrogen) atoms. The maximum atomic E-state index is 5.96. The molecule has 3 heterocycles. The van der Waals surface area contributed by atoms with Crippen LogP contribution in [-0.4, -0.2) is 0 Å². The van der Waals surface area contributed by atoms with Gasteiger partial charge in [-0.25, -0.2) is 0 Å². The molecule has 0 saturated carbocycles. The lowest BCUT2D eigenvalue weighted by atomic mass is 10.1. The van der Waals surface area contributed by atoms with Crippen molar-refractivity contribution in [2.45, 2.75) is 13.8 Å². The molecule has 4 nitrogen and oxygen atoms in total. The van der Waals surface area contributed by atoms with Gasteiger partial charge in [-0.3, -0.25) is 0 Å². The third kappa shape index (κ3) is 2.95. The van der Waals surface area contributed by atoms with Crippen LogP contribution in [0.15, 0.2) is 70.9 Å². The molecule has 0 unspecified atom stereocenters. The van der Waals surface area contributed by atoms with Gasteiger partial charge in [0.15, 0.2) is 0 Å². The van der Waals surface area contributed by atoms with Crippen molar-refractivity contribution in [1.82, 2.24) is 0 Å². The van der Waals surface area contributed by atoms with Gasteiger partial charge in [-0.2, -0.15) is 10.2 Å². The first-order valence-electron chi connectivity index (χ1n) is 11.2. The summed E-state index contributed by atoms with van der Waals surface area (Å²) >= 11 is 5.39. The highest BCUT2D eigenvalue weighted by Crippen LogP contribution is 2.43. The summed E-state index contributed by atoms with van der Waals surface area (Å²) in [6.07, 6.45) is 0. The van der Waals surface area contributed by atoms with Crippen LogP contribution in [0.5, 0.6) is 0 Å². The van der Waals surface area contributed by atoms with E-state index < -0.39 is 0 Å². The number of aryl methyl sites for hydroxylation is 2. The molecule has 4 N–H and O–H groups in total. The van der Waals surface area contributed by atoms with Crippen molar-refractivity contribution in [3.8, 4) is 20.2 Å². The van der Waals surface area contributed by atoms with E-state index >= 15 is 0 Å². The minimum absolute atomic E-state index is 0.851. The molecule has 7 rings (SSSR count). The van der Waals surface area contributed by atoms with E-state index in [1.54, 1.807) is 22.7 Å². The molecule has 0 fully saturated rings. The van der Waals surface area contributed by atoms with Crippen molar-refractivity contribution in [2.24, 2.45) is 21.9 Å². The number of nitrogens with zero attached hydrogens (tertiary/aromatic N) is 2. The zero-order valence-corrected chi connectivity index (χ0v) is 21.5. The average Bonchev–Trinajstić information content (AvgIpc) is 3.64. The second-order valence-electron chi connectivity index (χ2n) is 8.88. The van der Waals surface area contributed by atoms with Gasteiger partial charge in [0, 0.05) is 61.2 Å². The summed E-state index contributed by atoms with van der Waals surface area (Å²) in [5.41, 5.74) is 2.52. The van der Waals surface area contributed by atoms with Crippen LogP contribution < -0.4 is 22.4 Å². The topological polar surface area (TPSA) is 76.8 Å². The quantitative estimate of drug-likeness (QED) is 0.198. The predicted molar refractivity (Wildman–Crippen MR) is 152 cm³/mol. The summed E-state index contributed by atoms with van der Waals surface area (Å²) in [6.45, 7) is 4.23. The van der Waals surface area contributed by atoms with Crippen molar-refractivity contribution in [2.75, 3.05) is 0 Å². The molecule has 0 spiro atoms. The van der Waals surface area contributed by atoms with Crippen LogP contribution in [0.25, 0.3) is 61.9 Å².